The Morgan fingerprint density at radius 2 is 1.94 bits per heavy atom. The second kappa shape index (κ2) is 9.53. The second-order valence-corrected chi connectivity index (χ2v) is 9.84. The number of para-hydroxylation sites is 1. The summed E-state index contributed by atoms with van der Waals surface area (Å²) in [6.07, 6.45) is 8.28. The molecule has 1 amide bonds. The molecule has 5 rings (SSSR count). The fraction of sp³-hybridized carbons (Fsp3) is 0.269. The fourth-order valence-electron chi connectivity index (χ4n) is 4.43. The van der Waals surface area contributed by atoms with Crippen LogP contribution in [0.2, 0.25) is 0 Å². The Balaban J connectivity index is 1.56. The number of thioether (sulfide) groups is 1. The maximum absolute atomic E-state index is 13.3. The van der Waals surface area contributed by atoms with E-state index in [-0.39, 0.29) is 11.9 Å². The van der Waals surface area contributed by atoms with Crippen LogP contribution in [0.25, 0.3) is 23.0 Å². The minimum atomic E-state index is 0.0124. The number of ether oxygens (including phenoxy) is 1. The number of aromatic nitrogens is 2. The Labute approximate surface area is 203 Å². The van der Waals surface area contributed by atoms with Crippen LogP contribution in [-0.4, -0.2) is 37.6 Å². The fourth-order valence-corrected chi connectivity index (χ4v) is 5.82. The topological polar surface area (TPSA) is 47.4 Å². The monoisotopic (exact) mass is 475 g/mol. The summed E-state index contributed by atoms with van der Waals surface area (Å²) < 4.78 is 8.22. The van der Waals surface area contributed by atoms with Crippen molar-refractivity contribution in [2.45, 2.75) is 38.6 Å². The third kappa shape index (κ3) is 4.48. The largest absolute Gasteiger partial charge is 0.494 e. The number of thiocarbonyl (C=S) groups is 1. The van der Waals surface area contributed by atoms with Crippen molar-refractivity contribution in [3.63, 3.8) is 0 Å². The Morgan fingerprint density at radius 1 is 1.15 bits per heavy atom. The predicted molar refractivity (Wildman–Crippen MR) is 137 cm³/mol. The second-order valence-electron chi connectivity index (χ2n) is 8.16. The van der Waals surface area contributed by atoms with Crippen molar-refractivity contribution in [3.8, 4) is 22.7 Å². The number of hydrogen-bond donors (Lipinski definition) is 0. The molecule has 1 aliphatic carbocycles. The van der Waals surface area contributed by atoms with E-state index in [4.69, 9.17) is 22.1 Å². The minimum absolute atomic E-state index is 0.0124. The molecule has 33 heavy (non-hydrogen) atoms. The summed E-state index contributed by atoms with van der Waals surface area (Å²) in [5, 5.41) is 4.88. The summed E-state index contributed by atoms with van der Waals surface area (Å²) >= 11 is 6.98. The molecule has 1 saturated heterocycles. The van der Waals surface area contributed by atoms with Crippen molar-refractivity contribution in [1.82, 2.24) is 14.7 Å². The lowest BCUT2D eigenvalue weighted by Gasteiger charge is -2.21. The average Bonchev–Trinajstić information content (AvgIpc) is 3.55. The molecule has 3 aromatic rings. The van der Waals surface area contributed by atoms with Gasteiger partial charge < -0.3 is 4.74 Å². The molecule has 1 aromatic heterocycles. The first-order valence-electron chi connectivity index (χ1n) is 11.3. The van der Waals surface area contributed by atoms with Crippen LogP contribution in [0, 0.1) is 0 Å². The summed E-state index contributed by atoms with van der Waals surface area (Å²) in [4.78, 5) is 15.8. The third-order valence-electron chi connectivity index (χ3n) is 5.98. The Kier molecular flexibility index (Phi) is 6.33. The van der Waals surface area contributed by atoms with E-state index in [0.29, 0.717) is 15.8 Å². The first kappa shape index (κ1) is 21.9. The Morgan fingerprint density at radius 3 is 2.70 bits per heavy atom. The van der Waals surface area contributed by atoms with Gasteiger partial charge in [0.25, 0.3) is 5.91 Å². The van der Waals surface area contributed by atoms with E-state index >= 15 is 0 Å². The minimum Gasteiger partial charge on any atom is -0.494 e. The van der Waals surface area contributed by atoms with Gasteiger partial charge in [-0.2, -0.15) is 5.10 Å². The Hall–Kier alpha value is -2.90. The van der Waals surface area contributed by atoms with Gasteiger partial charge in [0.1, 0.15) is 15.8 Å². The van der Waals surface area contributed by atoms with Crippen molar-refractivity contribution in [3.05, 3.63) is 71.3 Å². The zero-order chi connectivity index (χ0) is 22.8. The summed E-state index contributed by atoms with van der Waals surface area (Å²) in [7, 11) is 0. The average molecular weight is 476 g/mol. The van der Waals surface area contributed by atoms with Gasteiger partial charge in [-0.05, 0) is 50.1 Å². The van der Waals surface area contributed by atoms with E-state index in [2.05, 4.69) is 0 Å². The highest BCUT2D eigenvalue weighted by Crippen LogP contribution is 2.39. The van der Waals surface area contributed by atoms with Crippen LogP contribution >= 0.6 is 24.0 Å². The number of rotatable bonds is 6. The van der Waals surface area contributed by atoms with Crippen molar-refractivity contribution >= 4 is 40.3 Å². The van der Waals surface area contributed by atoms with E-state index in [1.54, 1.807) is 0 Å². The van der Waals surface area contributed by atoms with Gasteiger partial charge in [0, 0.05) is 23.4 Å². The highest BCUT2D eigenvalue weighted by Gasteiger charge is 2.38. The first-order valence-corrected chi connectivity index (χ1v) is 12.5. The molecule has 7 heteroatoms. The van der Waals surface area contributed by atoms with Crippen LogP contribution in [0.4, 0.5) is 0 Å². The quantitative estimate of drug-likeness (QED) is 0.319. The lowest BCUT2D eigenvalue weighted by molar-refractivity contribution is -0.123. The number of benzene rings is 2. The molecule has 0 radical (unpaired) electrons. The van der Waals surface area contributed by atoms with E-state index < -0.39 is 0 Å². The lowest BCUT2D eigenvalue weighted by Crippen LogP contribution is -2.36. The van der Waals surface area contributed by atoms with Crippen LogP contribution < -0.4 is 4.74 Å². The van der Waals surface area contributed by atoms with Crippen LogP contribution in [0.3, 0.4) is 0 Å². The summed E-state index contributed by atoms with van der Waals surface area (Å²) in [5.41, 5.74) is 3.57. The number of amides is 1. The lowest BCUT2D eigenvalue weighted by atomic mass is 10.1. The molecule has 2 aliphatic rings. The molecule has 0 bridgehead atoms. The maximum atomic E-state index is 13.3. The molecule has 168 valence electrons. The van der Waals surface area contributed by atoms with Gasteiger partial charge in [-0.25, -0.2) is 4.68 Å². The van der Waals surface area contributed by atoms with Gasteiger partial charge in [0.15, 0.2) is 0 Å². The molecule has 0 atom stereocenters. The third-order valence-corrected chi connectivity index (χ3v) is 7.31. The zero-order valence-electron chi connectivity index (χ0n) is 18.4. The van der Waals surface area contributed by atoms with Crippen LogP contribution in [0.5, 0.6) is 5.75 Å². The summed E-state index contributed by atoms with van der Waals surface area (Å²) in [6.45, 7) is 2.56. The summed E-state index contributed by atoms with van der Waals surface area (Å²) in [5.74, 6) is 0.807. The number of carbonyl (C=O) groups excluding carboxylic acids is 1. The smallest absolute Gasteiger partial charge is 0.266 e. The van der Waals surface area contributed by atoms with Gasteiger partial charge in [-0.15, -0.1) is 0 Å². The van der Waals surface area contributed by atoms with E-state index in [9.17, 15) is 4.79 Å². The molecule has 0 unspecified atom stereocenters. The van der Waals surface area contributed by atoms with Crippen LogP contribution in [0.15, 0.2) is 65.7 Å². The van der Waals surface area contributed by atoms with Crippen LogP contribution in [0.1, 0.15) is 38.2 Å². The van der Waals surface area contributed by atoms with Gasteiger partial charge in [-0.1, -0.05) is 67.2 Å². The van der Waals surface area contributed by atoms with E-state index in [0.717, 1.165) is 53.9 Å². The molecule has 1 saturated carbocycles. The summed E-state index contributed by atoms with van der Waals surface area (Å²) in [6, 6.07) is 18.1. The van der Waals surface area contributed by atoms with Crippen molar-refractivity contribution in [2.24, 2.45) is 0 Å². The number of hydrogen-bond acceptors (Lipinski definition) is 5. The molecule has 0 N–H and O–H groups in total. The SMILES string of the molecule is CCOc1cccc(-c2nn(-c3ccccc3)cc2C=C2SC(=S)N(C3CCCC3)C2=O)c1. The van der Waals surface area contributed by atoms with E-state index in [1.807, 2.05) is 83.4 Å². The molecule has 1 aliphatic heterocycles. The maximum Gasteiger partial charge on any atom is 0.266 e. The normalized spacial score (nSPS) is 18.0. The molecule has 5 nitrogen and oxygen atoms in total. The standard InChI is InChI=1S/C26H25N3O2S2/c1-2-31-22-14-8-9-18(15-22)24-19(17-28(27-24)20-10-4-3-5-11-20)16-23-25(30)29(26(32)33-23)21-12-6-7-13-21/h3-5,8-11,14-17,21H,2,6-7,12-13H2,1H3. The molecule has 2 fully saturated rings. The molecular weight excluding hydrogens is 450 g/mol. The van der Waals surface area contributed by atoms with Gasteiger partial charge in [0.2, 0.25) is 0 Å². The van der Waals surface area contributed by atoms with E-state index in [1.165, 1.54) is 11.8 Å². The first-order chi connectivity index (χ1) is 16.1. The number of nitrogens with zero attached hydrogens (tertiary/aromatic N) is 3. The highest BCUT2D eigenvalue weighted by molar-refractivity contribution is 8.26. The predicted octanol–water partition coefficient (Wildman–Crippen LogP) is 6.08. The molecule has 2 aromatic carbocycles. The number of carbonyl (C=O) groups is 1. The highest BCUT2D eigenvalue weighted by atomic mass is 32.2. The van der Waals surface area contributed by atoms with Crippen LogP contribution in [-0.2, 0) is 4.79 Å². The van der Waals surface area contributed by atoms with Gasteiger partial charge >= 0.3 is 0 Å². The molecular formula is C26H25N3O2S2. The van der Waals surface area contributed by atoms with Crippen molar-refractivity contribution in [2.75, 3.05) is 6.61 Å². The zero-order valence-corrected chi connectivity index (χ0v) is 20.1. The van der Waals surface area contributed by atoms with Crippen molar-refractivity contribution < 1.29 is 9.53 Å². The van der Waals surface area contributed by atoms with Gasteiger partial charge in [0.05, 0.1) is 17.2 Å². The Bertz CT molecular complexity index is 1210. The molecule has 0 spiro atoms. The van der Waals surface area contributed by atoms with Gasteiger partial charge in [-0.3, -0.25) is 9.69 Å². The molecule has 2 heterocycles. The van der Waals surface area contributed by atoms with Crippen molar-refractivity contribution in [1.29, 1.82) is 0 Å².